The van der Waals surface area contributed by atoms with Crippen LogP contribution in [0.5, 0.6) is 0 Å². The van der Waals surface area contributed by atoms with Crippen molar-refractivity contribution in [2.45, 2.75) is 13.3 Å². The van der Waals surface area contributed by atoms with Gasteiger partial charge in [0, 0.05) is 34.5 Å². The molecule has 0 aliphatic carbocycles. The van der Waals surface area contributed by atoms with E-state index in [-0.39, 0.29) is 23.6 Å². The molecule has 0 fully saturated rings. The van der Waals surface area contributed by atoms with Gasteiger partial charge in [-0.3, -0.25) is 9.78 Å². The molecule has 6 heteroatoms. The molecule has 0 unspecified atom stereocenters. The number of halogens is 1. The predicted octanol–water partition coefficient (Wildman–Crippen LogP) is 2.05. The number of aromatic nitrogens is 2. The fraction of sp³-hybridized carbons (Fsp3) is 0.118. The van der Waals surface area contributed by atoms with E-state index in [9.17, 15) is 14.7 Å². The molecule has 0 radical (unpaired) electrons. The number of nitrogens with one attached hydrogen (secondary N) is 1. The number of aliphatic carboxylic acids is 1. The van der Waals surface area contributed by atoms with E-state index in [2.05, 4.69) is 9.97 Å². The molecule has 0 aliphatic heterocycles. The van der Waals surface area contributed by atoms with Gasteiger partial charge in [0.2, 0.25) is 5.78 Å². The molecule has 2 heterocycles. The topological polar surface area (TPSA) is 85.9 Å². The molecular formula is C17H12ClN2O3-. The summed E-state index contributed by atoms with van der Waals surface area (Å²) in [4.78, 5) is 30.9. The van der Waals surface area contributed by atoms with Crippen LogP contribution >= 0.6 is 11.6 Å². The summed E-state index contributed by atoms with van der Waals surface area (Å²) >= 11 is 5.96. The number of fused-ring (bicyclic) bond motifs is 1. The number of H-pyrrole nitrogens is 1. The predicted molar refractivity (Wildman–Crippen MR) is 84.4 cm³/mol. The van der Waals surface area contributed by atoms with E-state index in [4.69, 9.17) is 11.6 Å². The lowest BCUT2D eigenvalue weighted by Gasteiger charge is -2.06. The molecule has 5 nitrogen and oxygen atoms in total. The molecule has 0 amide bonds. The molecule has 2 aromatic heterocycles. The Morgan fingerprint density at radius 3 is 2.78 bits per heavy atom. The van der Waals surface area contributed by atoms with Gasteiger partial charge in [-0.2, -0.15) is 0 Å². The molecule has 0 spiro atoms. The maximum absolute atomic E-state index is 12.8. The van der Waals surface area contributed by atoms with Gasteiger partial charge in [0.05, 0.1) is 5.69 Å². The van der Waals surface area contributed by atoms with Crippen molar-refractivity contribution in [2.24, 2.45) is 0 Å². The molecule has 0 saturated carbocycles. The van der Waals surface area contributed by atoms with Gasteiger partial charge in [0.25, 0.3) is 0 Å². The Balaban J connectivity index is 2.21. The monoisotopic (exact) mass is 327 g/mol. The summed E-state index contributed by atoms with van der Waals surface area (Å²) in [6.07, 6.45) is 1.16. The minimum absolute atomic E-state index is 0.202. The SMILES string of the molecule is Cc1cccnc1C(=O)c1[nH]c2cc(Cl)ccc2c1CC(=O)[O-]. The fourth-order valence-corrected chi connectivity index (χ4v) is 2.76. The van der Waals surface area contributed by atoms with Crippen molar-refractivity contribution < 1.29 is 14.7 Å². The van der Waals surface area contributed by atoms with E-state index >= 15 is 0 Å². The summed E-state index contributed by atoms with van der Waals surface area (Å²) in [5.74, 6) is -1.61. The number of carboxylic acids is 1. The summed E-state index contributed by atoms with van der Waals surface area (Å²) in [5, 5.41) is 12.2. The zero-order valence-corrected chi connectivity index (χ0v) is 13.0. The number of carboxylic acid groups (broad SMARTS) is 1. The number of ketones is 1. The molecule has 1 N–H and O–H groups in total. The number of pyridine rings is 1. The van der Waals surface area contributed by atoms with E-state index in [1.807, 2.05) is 0 Å². The van der Waals surface area contributed by atoms with Crippen LogP contribution in [0.15, 0.2) is 36.5 Å². The van der Waals surface area contributed by atoms with Crippen LogP contribution < -0.4 is 5.11 Å². The number of rotatable bonds is 4. The van der Waals surface area contributed by atoms with Gasteiger partial charge >= 0.3 is 0 Å². The Labute approximate surface area is 136 Å². The number of hydrogen-bond acceptors (Lipinski definition) is 4. The average molecular weight is 328 g/mol. The van der Waals surface area contributed by atoms with Crippen molar-refractivity contribution in [3.8, 4) is 0 Å². The smallest absolute Gasteiger partial charge is 0.228 e. The lowest BCUT2D eigenvalue weighted by atomic mass is 10.0. The third kappa shape index (κ3) is 2.83. The van der Waals surface area contributed by atoms with Gasteiger partial charge in [0.1, 0.15) is 5.69 Å². The standard InChI is InChI=1S/C17H13ClN2O3/c1-9-3-2-6-19-15(9)17(23)16-12(8-14(21)22)11-5-4-10(18)7-13(11)20-16/h2-7,20H,8H2,1H3,(H,21,22)/p-1. The maximum Gasteiger partial charge on any atom is 0.228 e. The Kier molecular flexibility index (Phi) is 3.88. The van der Waals surface area contributed by atoms with Crippen LogP contribution in [-0.4, -0.2) is 21.7 Å². The Hall–Kier alpha value is -2.66. The molecule has 3 aromatic rings. The quantitative estimate of drug-likeness (QED) is 0.743. The Morgan fingerprint density at radius 1 is 1.30 bits per heavy atom. The van der Waals surface area contributed by atoms with E-state index in [1.54, 1.807) is 37.3 Å². The number of carbonyl (C=O) groups is 2. The van der Waals surface area contributed by atoms with E-state index in [1.165, 1.54) is 6.20 Å². The lowest BCUT2D eigenvalue weighted by Crippen LogP contribution is -2.25. The summed E-state index contributed by atoms with van der Waals surface area (Å²) in [6.45, 7) is 1.78. The van der Waals surface area contributed by atoms with Gasteiger partial charge in [-0.1, -0.05) is 23.7 Å². The first-order valence-corrected chi connectivity index (χ1v) is 7.31. The second kappa shape index (κ2) is 5.85. The van der Waals surface area contributed by atoms with Crippen molar-refractivity contribution in [3.05, 3.63) is 64.1 Å². The summed E-state index contributed by atoms with van der Waals surface area (Å²) < 4.78 is 0. The highest BCUT2D eigenvalue weighted by Gasteiger charge is 2.21. The third-order valence-corrected chi connectivity index (χ3v) is 3.88. The first-order valence-electron chi connectivity index (χ1n) is 6.93. The molecule has 0 atom stereocenters. The average Bonchev–Trinajstić information content (AvgIpc) is 2.84. The highest BCUT2D eigenvalue weighted by molar-refractivity contribution is 6.31. The Morgan fingerprint density at radius 2 is 2.09 bits per heavy atom. The summed E-state index contributed by atoms with van der Waals surface area (Å²) in [7, 11) is 0. The molecule has 0 bridgehead atoms. The first-order chi connectivity index (χ1) is 11.0. The second-order valence-corrected chi connectivity index (χ2v) is 5.65. The van der Waals surface area contributed by atoms with Gasteiger partial charge < -0.3 is 14.9 Å². The number of benzene rings is 1. The molecule has 3 rings (SSSR count). The molecular weight excluding hydrogens is 316 g/mol. The van der Waals surface area contributed by atoms with Gasteiger partial charge in [-0.25, -0.2) is 0 Å². The number of aromatic amines is 1. The molecule has 23 heavy (non-hydrogen) atoms. The second-order valence-electron chi connectivity index (χ2n) is 5.22. The van der Waals surface area contributed by atoms with Crippen LogP contribution in [-0.2, 0) is 11.2 Å². The normalized spacial score (nSPS) is 10.9. The molecule has 0 aliphatic rings. The zero-order valence-electron chi connectivity index (χ0n) is 12.2. The van der Waals surface area contributed by atoms with Crippen molar-refractivity contribution in [1.29, 1.82) is 0 Å². The third-order valence-electron chi connectivity index (χ3n) is 3.64. The molecule has 1 aromatic carbocycles. The van der Waals surface area contributed by atoms with E-state index in [0.29, 0.717) is 27.1 Å². The van der Waals surface area contributed by atoms with Crippen molar-refractivity contribution >= 4 is 34.3 Å². The van der Waals surface area contributed by atoms with Crippen LogP contribution in [0.1, 0.15) is 27.3 Å². The van der Waals surface area contributed by atoms with Crippen LogP contribution in [0, 0.1) is 6.92 Å². The van der Waals surface area contributed by atoms with Crippen LogP contribution in [0.2, 0.25) is 5.02 Å². The van der Waals surface area contributed by atoms with Crippen molar-refractivity contribution in [1.82, 2.24) is 9.97 Å². The zero-order chi connectivity index (χ0) is 16.6. The number of nitrogens with zero attached hydrogens (tertiary/aromatic N) is 1. The van der Waals surface area contributed by atoms with Gasteiger partial charge in [0.15, 0.2) is 0 Å². The fourth-order valence-electron chi connectivity index (χ4n) is 2.59. The minimum Gasteiger partial charge on any atom is -0.550 e. The lowest BCUT2D eigenvalue weighted by molar-refractivity contribution is -0.304. The van der Waals surface area contributed by atoms with Crippen molar-refractivity contribution in [3.63, 3.8) is 0 Å². The Bertz CT molecular complexity index is 931. The molecule has 116 valence electrons. The number of hydrogen-bond donors (Lipinski definition) is 1. The minimum atomic E-state index is -1.26. The number of aryl methyl sites for hydroxylation is 1. The molecule has 0 saturated heterocycles. The number of carbonyl (C=O) groups excluding carboxylic acids is 2. The van der Waals surface area contributed by atoms with Crippen LogP contribution in [0.4, 0.5) is 0 Å². The van der Waals surface area contributed by atoms with Gasteiger partial charge in [-0.15, -0.1) is 0 Å². The highest BCUT2D eigenvalue weighted by atomic mass is 35.5. The summed E-state index contributed by atoms with van der Waals surface area (Å²) in [6, 6.07) is 8.50. The van der Waals surface area contributed by atoms with E-state index < -0.39 is 5.97 Å². The van der Waals surface area contributed by atoms with Crippen LogP contribution in [0.3, 0.4) is 0 Å². The maximum atomic E-state index is 12.8. The van der Waals surface area contributed by atoms with Gasteiger partial charge in [-0.05, 0) is 36.2 Å². The van der Waals surface area contributed by atoms with E-state index in [0.717, 1.165) is 0 Å². The van der Waals surface area contributed by atoms with Crippen molar-refractivity contribution in [2.75, 3.05) is 0 Å². The largest absolute Gasteiger partial charge is 0.550 e. The van der Waals surface area contributed by atoms with Crippen LogP contribution in [0.25, 0.3) is 10.9 Å². The highest BCUT2D eigenvalue weighted by Crippen LogP contribution is 2.27. The first kappa shape index (κ1) is 15.2. The summed E-state index contributed by atoms with van der Waals surface area (Å²) in [5.41, 5.74) is 2.18.